The molecule has 2 aromatic rings. The Labute approximate surface area is 93.3 Å². The smallest absolute Gasteiger partial charge is 0.115 e. The van der Waals surface area contributed by atoms with Gasteiger partial charge in [0, 0.05) is 36.3 Å². The first-order valence-corrected chi connectivity index (χ1v) is 5.41. The van der Waals surface area contributed by atoms with Gasteiger partial charge in [0.05, 0.1) is 5.69 Å². The summed E-state index contributed by atoms with van der Waals surface area (Å²) in [6.07, 6.45) is 1.00. The van der Waals surface area contributed by atoms with Gasteiger partial charge in [-0.2, -0.15) is 5.10 Å². The van der Waals surface area contributed by atoms with Crippen molar-refractivity contribution in [1.82, 2.24) is 15.5 Å². The predicted molar refractivity (Wildman–Crippen MR) is 61.1 cm³/mol. The third-order valence-electron chi connectivity index (χ3n) is 2.95. The molecule has 0 fully saturated rings. The molecule has 4 nitrogen and oxygen atoms in total. The van der Waals surface area contributed by atoms with Crippen LogP contribution < -0.4 is 5.32 Å². The minimum Gasteiger partial charge on any atom is -0.508 e. The van der Waals surface area contributed by atoms with Crippen LogP contribution in [0.1, 0.15) is 11.3 Å². The number of hydrogen-bond acceptors (Lipinski definition) is 3. The Morgan fingerprint density at radius 1 is 1.19 bits per heavy atom. The molecule has 0 unspecified atom stereocenters. The second kappa shape index (κ2) is 3.64. The maximum absolute atomic E-state index is 9.25. The number of fused-ring (bicyclic) bond motifs is 1. The highest BCUT2D eigenvalue weighted by Crippen LogP contribution is 2.26. The standard InChI is InChI=1S/C12H13N3O/c16-9-3-1-8(2-4-9)12-10-7-13-6-5-11(10)14-15-12/h1-4,13,16H,5-7H2,(H,14,15). The van der Waals surface area contributed by atoms with Crippen LogP contribution in [0.4, 0.5) is 0 Å². The van der Waals surface area contributed by atoms with Gasteiger partial charge in [0.15, 0.2) is 0 Å². The molecule has 16 heavy (non-hydrogen) atoms. The number of nitrogens with one attached hydrogen (secondary N) is 2. The van der Waals surface area contributed by atoms with E-state index in [0.29, 0.717) is 0 Å². The van der Waals surface area contributed by atoms with Crippen LogP contribution >= 0.6 is 0 Å². The molecule has 0 bridgehead atoms. The normalized spacial score (nSPS) is 14.8. The van der Waals surface area contributed by atoms with E-state index >= 15 is 0 Å². The van der Waals surface area contributed by atoms with Gasteiger partial charge in [0.1, 0.15) is 5.75 Å². The summed E-state index contributed by atoms with van der Waals surface area (Å²) in [5.41, 5.74) is 4.50. The molecule has 0 spiro atoms. The molecule has 1 aliphatic rings. The van der Waals surface area contributed by atoms with Crippen LogP contribution in [0.3, 0.4) is 0 Å². The van der Waals surface area contributed by atoms with Crippen LogP contribution in [0, 0.1) is 0 Å². The van der Waals surface area contributed by atoms with Crippen molar-refractivity contribution < 1.29 is 5.11 Å². The Kier molecular flexibility index (Phi) is 2.15. The van der Waals surface area contributed by atoms with Crippen molar-refractivity contribution in [3.05, 3.63) is 35.5 Å². The molecule has 0 amide bonds. The van der Waals surface area contributed by atoms with Crippen molar-refractivity contribution in [3.63, 3.8) is 0 Å². The van der Waals surface area contributed by atoms with Crippen molar-refractivity contribution in [2.75, 3.05) is 6.54 Å². The average Bonchev–Trinajstić information content (AvgIpc) is 2.74. The molecule has 3 rings (SSSR count). The maximum Gasteiger partial charge on any atom is 0.115 e. The number of hydrogen-bond donors (Lipinski definition) is 3. The van der Waals surface area contributed by atoms with E-state index in [0.717, 1.165) is 30.8 Å². The lowest BCUT2D eigenvalue weighted by molar-refractivity contribution is 0.475. The van der Waals surface area contributed by atoms with Crippen molar-refractivity contribution in [1.29, 1.82) is 0 Å². The third kappa shape index (κ3) is 1.47. The topological polar surface area (TPSA) is 60.9 Å². The summed E-state index contributed by atoms with van der Waals surface area (Å²) in [6.45, 7) is 1.87. The van der Waals surface area contributed by atoms with E-state index in [1.54, 1.807) is 12.1 Å². The van der Waals surface area contributed by atoms with Gasteiger partial charge in [-0.05, 0) is 24.3 Å². The van der Waals surface area contributed by atoms with Gasteiger partial charge >= 0.3 is 0 Å². The molecule has 0 saturated carbocycles. The molecule has 2 heterocycles. The summed E-state index contributed by atoms with van der Waals surface area (Å²) in [5.74, 6) is 0.284. The lowest BCUT2D eigenvalue weighted by Gasteiger charge is -2.12. The van der Waals surface area contributed by atoms with Crippen LogP contribution in [-0.2, 0) is 13.0 Å². The SMILES string of the molecule is Oc1ccc(-c2n[nH]c3c2CNCC3)cc1. The number of benzene rings is 1. The fourth-order valence-corrected chi connectivity index (χ4v) is 2.08. The molecule has 1 aromatic heterocycles. The number of phenols is 1. The first kappa shape index (κ1) is 9.42. The summed E-state index contributed by atoms with van der Waals surface area (Å²) in [6, 6.07) is 7.15. The molecule has 0 aliphatic carbocycles. The zero-order valence-corrected chi connectivity index (χ0v) is 8.83. The molecule has 82 valence electrons. The zero-order chi connectivity index (χ0) is 11.0. The van der Waals surface area contributed by atoms with Crippen molar-refractivity contribution >= 4 is 0 Å². The largest absolute Gasteiger partial charge is 0.508 e. The van der Waals surface area contributed by atoms with Crippen LogP contribution in [0.5, 0.6) is 5.75 Å². The lowest BCUT2D eigenvalue weighted by Crippen LogP contribution is -2.23. The Morgan fingerprint density at radius 3 is 2.81 bits per heavy atom. The monoisotopic (exact) mass is 215 g/mol. The van der Waals surface area contributed by atoms with Gasteiger partial charge < -0.3 is 10.4 Å². The number of phenolic OH excluding ortho intramolecular Hbond substituents is 1. The first-order chi connectivity index (χ1) is 7.84. The summed E-state index contributed by atoms with van der Waals surface area (Å²) < 4.78 is 0. The highest BCUT2D eigenvalue weighted by atomic mass is 16.3. The van der Waals surface area contributed by atoms with E-state index < -0.39 is 0 Å². The molecule has 0 radical (unpaired) electrons. The fraction of sp³-hybridized carbons (Fsp3) is 0.250. The number of aromatic hydroxyl groups is 1. The Hall–Kier alpha value is -1.81. The second-order valence-electron chi connectivity index (χ2n) is 4.00. The molecular formula is C12H13N3O. The summed E-state index contributed by atoms with van der Waals surface area (Å²) in [5, 5.41) is 20.0. The van der Waals surface area contributed by atoms with Gasteiger partial charge in [0.2, 0.25) is 0 Å². The number of aromatic nitrogens is 2. The van der Waals surface area contributed by atoms with Crippen LogP contribution in [0.2, 0.25) is 0 Å². The van der Waals surface area contributed by atoms with Crippen LogP contribution in [0.25, 0.3) is 11.3 Å². The molecule has 3 N–H and O–H groups in total. The number of H-pyrrole nitrogens is 1. The quantitative estimate of drug-likeness (QED) is 0.674. The van der Waals surface area contributed by atoms with E-state index in [2.05, 4.69) is 15.5 Å². The minimum absolute atomic E-state index is 0.284. The van der Waals surface area contributed by atoms with E-state index in [1.807, 2.05) is 12.1 Å². The molecule has 1 aromatic carbocycles. The van der Waals surface area contributed by atoms with Crippen molar-refractivity contribution in [2.45, 2.75) is 13.0 Å². The lowest BCUT2D eigenvalue weighted by atomic mass is 10.0. The van der Waals surface area contributed by atoms with Crippen molar-refractivity contribution in [2.24, 2.45) is 0 Å². The van der Waals surface area contributed by atoms with Gasteiger partial charge in [-0.25, -0.2) is 0 Å². The van der Waals surface area contributed by atoms with Crippen molar-refractivity contribution in [3.8, 4) is 17.0 Å². The Morgan fingerprint density at radius 2 is 2.00 bits per heavy atom. The van der Waals surface area contributed by atoms with Crippen LogP contribution in [-0.4, -0.2) is 21.8 Å². The van der Waals surface area contributed by atoms with Gasteiger partial charge in [0.25, 0.3) is 0 Å². The highest BCUT2D eigenvalue weighted by Gasteiger charge is 2.17. The number of aromatic amines is 1. The highest BCUT2D eigenvalue weighted by molar-refractivity contribution is 5.65. The van der Waals surface area contributed by atoms with Gasteiger partial charge in [-0.15, -0.1) is 0 Å². The van der Waals surface area contributed by atoms with Gasteiger partial charge in [-0.1, -0.05) is 0 Å². The molecule has 4 heteroatoms. The molecule has 1 aliphatic heterocycles. The minimum atomic E-state index is 0.284. The first-order valence-electron chi connectivity index (χ1n) is 5.41. The fourth-order valence-electron chi connectivity index (χ4n) is 2.08. The Balaban J connectivity index is 2.06. The van der Waals surface area contributed by atoms with E-state index in [9.17, 15) is 5.11 Å². The summed E-state index contributed by atoms with van der Waals surface area (Å²) in [7, 11) is 0. The zero-order valence-electron chi connectivity index (χ0n) is 8.83. The summed E-state index contributed by atoms with van der Waals surface area (Å²) >= 11 is 0. The van der Waals surface area contributed by atoms with E-state index in [-0.39, 0.29) is 5.75 Å². The Bertz CT molecular complexity index is 501. The maximum atomic E-state index is 9.25. The summed E-state index contributed by atoms with van der Waals surface area (Å²) in [4.78, 5) is 0. The number of rotatable bonds is 1. The molecular weight excluding hydrogens is 202 g/mol. The van der Waals surface area contributed by atoms with Crippen LogP contribution in [0.15, 0.2) is 24.3 Å². The second-order valence-corrected chi connectivity index (χ2v) is 4.00. The van der Waals surface area contributed by atoms with E-state index in [4.69, 9.17) is 0 Å². The van der Waals surface area contributed by atoms with Gasteiger partial charge in [-0.3, -0.25) is 5.10 Å². The number of nitrogens with zero attached hydrogens (tertiary/aromatic N) is 1. The predicted octanol–water partition coefficient (Wildman–Crippen LogP) is 1.43. The average molecular weight is 215 g/mol. The third-order valence-corrected chi connectivity index (χ3v) is 2.95. The molecule has 0 atom stereocenters. The van der Waals surface area contributed by atoms with E-state index in [1.165, 1.54) is 11.3 Å². The molecule has 0 saturated heterocycles.